The van der Waals surface area contributed by atoms with Gasteiger partial charge in [-0.3, -0.25) is 9.48 Å². The Labute approximate surface area is 103 Å². The monoisotopic (exact) mass is 262 g/mol. The maximum Gasteiger partial charge on any atom is 0.287 e. The van der Waals surface area contributed by atoms with Gasteiger partial charge in [-0.15, -0.1) is 0 Å². The van der Waals surface area contributed by atoms with E-state index in [1.807, 2.05) is 5.32 Å². The van der Waals surface area contributed by atoms with Crippen molar-refractivity contribution in [2.75, 3.05) is 18.9 Å². The summed E-state index contributed by atoms with van der Waals surface area (Å²) in [7, 11) is 0. The van der Waals surface area contributed by atoms with E-state index >= 15 is 0 Å². The minimum atomic E-state index is -3.32. The third kappa shape index (κ3) is 3.39. The summed E-state index contributed by atoms with van der Waals surface area (Å²) in [6, 6.07) is 0. The number of nitrogens with one attached hydrogen (secondary N) is 1. The van der Waals surface area contributed by atoms with E-state index < -0.39 is 25.0 Å². The van der Waals surface area contributed by atoms with E-state index in [4.69, 9.17) is 10.8 Å². The van der Waals surface area contributed by atoms with Crippen LogP contribution in [0.25, 0.3) is 0 Å². The van der Waals surface area contributed by atoms with Gasteiger partial charge in [0, 0.05) is 0 Å². The molecule has 1 aromatic heterocycles. The number of carbonyl (C=O) groups is 1. The van der Waals surface area contributed by atoms with Crippen molar-refractivity contribution >= 4 is 11.6 Å². The molecule has 0 atom stereocenters. The maximum absolute atomic E-state index is 12.7. The number of amides is 1. The molecule has 102 valence electrons. The predicted octanol–water partition coefficient (Wildman–Crippen LogP) is -0.174. The number of aryl methyl sites for hydroxylation is 1. The second-order valence-electron chi connectivity index (χ2n) is 4.03. The standard InChI is InChI=1S/C10H16F2N4O2/c1-6-9(13)7(2)16(15-6)3-8(18)14-4-10(11,12)5-17/h17H,3-5,13H2,1-2H3,(H,14,18). The van der Waals surface area contributed by atoms with E-state index in [1.54, 1.807) is 13.8 Å². The number of hydrogen-bond acceptors (Lipinski definition) is 4. The zero-order valence-electron chi connectivity index (χ0n) is 10.2. The van der Waals surface area contributed by atoms with Gasteiger partial charge in [0.05, 0.1) is 23.6 Å². The minimum absolute atomic E-state index is 0.189. The third-order valence-electron chi connectivity index (χ3n) is 2.51. The molecule has 0 radical (unpaired) electrons. The molecule has 1 rings (SSSR count). The Hall–Kier alpha value is -1.70. The highest BCUT2D eigenvalue weighted by atomic mass is 19.3. The summed E-state index contributed by atoms with van der Waals surface area (Å²) in [6.07, 6.45) is 0. The summed E-state index contributed by atoms with van der Waals surface area (Å²) in [5.74, 6) is -3.93. The number of aliphatic hydroxyl groups is 1. The number of carbonyl (C=O) groups excluding carboxylic acids is 1. The lowest BCUT2D eigenvalue weighted by atomic mass is 10.3. The Kier molecular flexibility index (Phi) is 4.23. The topological polar surface area (TPSA) is 93.2 Å². The van der Waals surface area contributed by atoms with Gasteiger partial charge in [-0.2, -0.15) is 5.10 Å². The van der Waals surface area contributed by atoms with Crippen LogP contribution in [0.15, 0.2) is 0 Å². The largest absolute Gasteiger partial charge is 0.396 e. The average molecular weight is 262 g/mol. The normalized spacial score (nSPS) is 11.6. The van der Waals surface area contributed by atoms with Gasteiger partial charge in [-0.25, -0.2) is 8.78 Å². The molecule has 4 N–H and O–H groups in total. The van der Waals surface area contributed by atoms with Crippen molar-refractivity contribution in [3.8, 4) is 0 Å². The second-order valence-corrected chi connectivity index (χ2v) is 4.03. The van der Waals surface area contributed by atoms with Gasteiger partial charge in [0.25, 0.3) is 5.92 Å². The molecule has 8 heteroatoms. The van der Waals surface area contributed by atoms with Crippen LogP contribution in [-0.4, -0.2) is 39.9 Å². The molecule has 0 aliphatic carbocycles. The van der Waals surface area contributed by atoms with Gasteiger partial charge in [-0.05, 0) is 13.8 Å². The summed E-state index contributed by atoms with van der Waals surface area (Å²) >= 11 is 0. The van der Waals surface area contributed by atoms with Crippen LogP contribution < -0.4 is 11.1 Å². The molecule has 0 unspecified atom stereocenters. The number of rotatable bonds is 5. The molecular weight excluding hydrogens is 246 g/mol. The van der Waals surface area contributed by atoms with Crippen LogP contribution in [0.1, 0.15) is 11.4 Å². The quantitative estimate of drug-likeness (QED) is 0.686. The van der Waals surface area contributed by atoms with E-state index in [9.17, 15) is 13.6 Å². The van der Waals surface area contributed by atoms with Crippen LogP contribution in [0.4, 0.5) is 14.5 Å². The Morgan fingerprint density at radius 2 is 2.17 bits per heavy atom. The van der Waals surface area contributed by atoms with Gasteiger partial charge < -0.3 is 16.2 Å². The van der Waals surface area contributed by atoms with Gasteiger partial charge in [0.15, 0.2) is 0 Å². The Bertz CT molecular complexity index is 445. The van der Waals surface area contributed by atoms with Crippen LogP contribution in [0.3, 0.4) is 0 Å². The fourth-order valence-corrected chi connectivity index (χ4v) is 1.34. The molecule has 0 aliphatic rings. The number of nitrogens with zero attached hydrogens (tertiary/aromatic N) is 2. The van der Waals surface area contributed by atoms with Gasteiger partial charge in [0.1, 0.15) is 13.2 Å². The first-order valence-corrected chi connectivity index (χ1v) is 5.31. The van der Waals surface area contributed by atoms with Crippen molar-refractivity contribution in [3.05, 3.63) is 11.4 Å². The minimum Gasteiger partial charge on any atom is -0.396 e. The van der Waals surface area contributed by atoms with E-state index in [1.165, 1.54) is 4.68 Å². The first-order chi connectivity index (χ1) is 8.26. The van der Waals surface area contributed by atoms with Gasteiger partial charge >= 0.3 is 0 Å². The molecule has 6 nitrogen and oxygen atoms in total. The molecule has 0 spiro atoms. The van der Waals surface area contributed by atoms with Crippen LogP contribution in [0, 0.1) is 13.8 Å². The van der Waals surface area contributed by atoms with Crippen molar-refractivity contribution in [3.63, 3.8) is 0 Å². The van der Waals surface area contributed by atoms with Crippen molar-refractivity contribution < 1.29 is 18.7 Å². The summed E-state index contributed by atoms with van der Waals surface area (Å²) in [5, 5.41) is 14.4. The van der Waals surface area contributed by atoms with Gasteiger partial charge in [-0.1, -0.05) is 0 Å². The smallest absolute Gasteiger partial charge is 0.287 e. The highest BCUT2D eigenvalue weighted by Gasteiger charge is 2.28. The van der Waals surface area contributed by atoms with Crippen molar-refractivity contribution in [2.45, 2.75) is 26.3 Å². The fraction of sp³-hybridized carbons (Fsp3) is 0.600. The van der Waals surface area contributed by atoms with E-state index in [2.05, 4.69) is 5.10 Å². The molecule has 1 aromatic rings. The Morgan fingerprint density at radius 3 is 2.61 bits per heavy atom. The predicted molar refractivity (Wildman–Crippen MR) is 61.2 cm³/mol. The van der Waals surface area contributed by atoms with Crippen molar-refractivity contribution in [2.24, 2.45) is 0 Å². The zero-order valence-corrected chi connectivity index (χ0v) is 10.2. The highest BCUT2D eigenvalue weighted by molar-refractivity contribution is 5.76. The summed E-state index contributed by atoms with van der Waals surface area (Å²) in [4.78, 5) is 11.4. The highest BCUT2D eigenvalue weighted by Crippen LogP contribution is 2.14. The molecule has 1 heterocycles. The van der Waals surface area contributed by atoms with Crippen LogP contribution >= 0.6 is 0 Å². The molecule has 0 fully saturated rings. The molecule has 0 saturated heterocycles. The first kappa shape index (κ1) is 14.4. The van der Waals surface area contributed by atoms with E-state index in [-0.39, 0.29) is 6.54 Å². The molecule has 0 aromatic carbocycles. The van der Waals surface area contributed by atoms with Crippen molar-refractivity contribution in [1.82, 2.24) is 15.1 Å². The van der Waals surface area contributed by atoms with Crippen LogP contribution in [0.2, 0.25) is 0 Å². The van der Waals surface area contributed by atoms with Crippen LogP contribution in [-0.2, 0) is 11.3 Å². The molecule has 0 bridgehead atoms. The number of nitrogen functional groups attached to an aromatic ring is 1. The van der Waals surface area contributed by atoms with E-state index in [0.717, 1.165) is 0 Å². The summed E-state index contributed by atoms with van der Waals surface area (Å²) in [5.41, 5.74) is 7.34. The molecule has 1 amide bonds. The van der Waals surface area contributed by atoms with Crippen molar-refractivity contribution in [1.29, 1.82) is 0 Å². The summed E-state index contributed by atoms with van der Waals surface area (Å²) < 4.78 is 26.7. The molecule has 0 aliphatic heterocycles. The fourth-order valence-electron chi connectivity index (χ4n) is 1.34. The Balaban J connectivity index is 2.58. The lowest BCUT2D eigenvalue weighted by Crippen LogP contribution is -2.40. The molecular formula is C10H16F2N4O2. The molecule has 18 heavy (non-hydrogen) atoms. The molecule has 0 saturated carbocycles. The summed E-state index contributed by atoms with van der Waals surface area (Å²) in [6.45, 7) is 0.976. The second kappa shape index (κ2) is 5.30. The lowest BCUT2D eigenvalue weighted by molar-refractivity contribution is -0.124. The number of anilines is 1. The number of aliphatic hydroxyl groups excluding tert-OH is 1. The number of nitrogens with two attached hydrogens (primary N) is 1. The number of hydrogen-bond donors (Lipinski definition) is 3. The van der Waals surface area contributed by atoms with Gasteiger partial charge in [0.2, 0.25) is 5.91 Å². The average Bonchev–Trinajstić information content (AvgIpc) is 2.55. The lowest BCUT2D eigenvalue weighted by Gasteiger charge is -2.14. The third-order valence-corrected chi connectivity index (χ3v) is 2.51. The van der Waals surface area contributed by atoms with E-state index in [0.29, 0.717) is 17.1 Å². The first-order valence-electron chi connectivity index (χ1n) is 5.31. The number of alkyl halides is 2. The number of halogens is 2. The Morgan fingerprint density at radius 1 is 1.56 bits per heavy atom. The SMILES string of the molecule is Cc1nn(CC(=O)NCC(F)(F)CO)c(C)c1N. The van der Waals surface area contributed by atoms with Crippen LogP contribution in [0.5, 0.6) is 0 Å². The number of aromatic nitrogens is 2. The zero-order chi connectivity index (χ0) is 13.9. The maximum atomic E-state index is 12.7.